The van der Waals surface area contributed by atoms with Gasteiger partial charge in [0.05, 0.1) is 5.39 Å². The number of ketones is 1. The third-order valence-corrected chi connectivity index (χ3v) is 3.86. The number of pyridine rings is 1. The van der Waals surface area contributed by atoms with E-state index < -0.39 is 12.7 Å². The monoisotopic (exact) mass is 347 g/mol. The summed E-state index contributed by atoms with van der Waals surface area (Å²) in [6, 6.07) is 18.0. The van der Waals surface area contributed by atoms with E-state index in [2.05, 4.69) is 10.0 Å². The largest absolute Gasteiger partial charge is 0.452 e. The average Bonchev–Trinajstić information content (AvgIpc) is 2.68. The smallest absolute Gasteiger partial charge is 0.404 e. The van der Waals surface area contributed by atoms with E-state index in [0.717, 1.165) is 5.39 Å². The van der Waals surface area contributed by atoms with Crippen LogP contribution in [0.25, 0.3) is 21.2 Å². The second-order valence-electron chi connectivity index (χ2n) is 5.46. The molecule has 0 amide bonds. The third-order valence-electron chi connectivity index (χ3n) is 3.86. The lowest BCUT2D eigenvalue weighted by molar-refractivity contribution is -0.684. The van der Waals surface area contributed by atoms with Gasteiger partial charge in [-0.1, -0.05) is 53.6 Å². The number of nitrogens with zero attached hydrogens (tertiary/aromatic N) is 4. The lowest BCUT2D eigenvalue weighted by Gasteiger charge is -2.07. The number of carbonyl (C=O) groups excluding carboxylic acids is 2. The zero-order valence-corrected chi connectivity index (χ0v) is 13.8. The Labute approximate surface area is 149 Å². The van der Waals surface area contributed by atoms with E-state index in [1.54, 1.807) is 47.2 Å². The Kier molecular flexibility index (Phi) is 5.22. The van der Waals surface area contributed by atoms with Crippen molar-refractivity contribution in [2.75, 3.05) is 6.73 Å². The van der Waals surface area contributed by atoms with Gasteiger partial charge in [-0.3, -0.25) is 4.79 Å². The van der Waals surface area contributed by atoms with Crippen LogP contribution in [0.15, 0.2) is 72.0 Å². The van der Waals surface area contributed by atoms with Gasteiger partial charge in [0.15, 0.2) is 12.9 Å². The van der Waals surface area contributed by atoms with Gasteiger partial charge >= 0.3 is 5.97 Å². The Hall–Kier alpha value is -3.70. The lowest BCUT2D eigenvalue weighted by Crippen LogP contribution is -2.44. The maximum atomic E-state index is 12.5. The van der Waals surface area contributed by atoms with E-state index in [9.17, 15) is 9.59 Å². The number of rotatable bonds is 6. The molecule has 1 heterocycles. The van der Waals surface area contributed by atoms with Crippen molar-refractivity contribution in [3.05, 3.63) is 88.6 Å². The molecule has 26 heavy (non-hydrogen) atoms. The highest BCUT2D eigenvalue weighted by Gasteiger charge is 2.26. The SMILES string of the molecule is [N-]=[N+]=NCOC(=O)c1c2ccccc2cc[n+]1CC(=O)c1ccccc1. The van der Waals surface area contributed by atoms with Gasteiger partial charge in [-0.05, 0) is 17.0 Å². The quantitative estimate of drug-likeness (QED) is 0.171. The second kappa shape index (κ2) is 7.92. The molecule has 7 heteroatoms. The minimum Gasteiger partial charge on any atom is -0.452 e. The molecule has 0 saturated heterocycles. The fraction of sp³-hybridized carbons (Fsp3) is 0.105. The lowest BCUT2D eigenvalue weighted by atomic mass is 10.1. The Morgan fingerprint density at radius 2 is 1.77 bits per heavy atom. The second-order valence-corrected chi connectivity index (χ2v) is 5.46. The fourth-order valence-corrected chi connectivity index (χ4v) is 2.67. The Morgan fingerprint density at radius 1 is 1.04 bits per heavy atom. The predicted molar refractivity (Wildman–Crippen MR) is 94.3 cm³/mol. The first-order chi connectivity index (χ1) is 12.7. The number of ether oxygens (including phenoxy) is 1. The summed E-state index contributed by atoms with van der Waals surface area (Å²) in [5.41, 5.74) is 9.13. The highest BCUT2D eigenvalue weighted by atomic mass is 16.5. The Morgan fingerprint density at radius 3 is 2.54 bits per heavy atom. The number of esters is 1. The molecule has 0 radical (unpaired) electrons. The van der Waals surface area contributed by atoms with Crippen LogP contribution < -0.4 is 4.57 Å². The molecular formula is C19H15N4O3+. The van der Waals surface area contributed by atoms with Crippen LogP contribution in [0.2, 0.25) is 0 Å². The van der Waals surface area contributed by atoms with Crippen molar-refractivity contribution in [1.82, 2.24) is 0 Å². The van der Waals surface area contributed by atoms with E-state index in [1.807, 2.05) is 24.3 Å². The minimum absolute atomic E-state index is 0.0131. The normalized spacial score (nSPS) is 10.2. The van der Waals surface area contributed by atoms with Gasteiger partial charge in [-0.15, -0.1) is 0 Å². The summed E-state index contributed by atoms with van der Waals surface area (Å²) in [4.78, 5) is 27.6. The van der Waals surface area contributed by atoms with Gasteiger partial charge < -0.3 is 4.74 Å². The number of carbonyl (C=O) groups is 2. The van der Waals surface area contributed by atoms with Crippen molar-refractivity contribution in [2.24, 2.45) is 5.11 Å². The van der Waals surface area contributed by atoms with E-state index in [0.29, 0.717) is 10.9 Å². The highest BCUT2D eigenvalue weighted by Crippen LogP contribution is 2.16. The van der Waals surface area contributed by atoms with Crippen molar-refractivity contribution >= 4 is 22.5 Å². The minimum atomic E-state index is -0.657. The van der Waals surface area contributed by atoms with Crippen LogP contribution in [0, 0.1) is 0 Å². The maximum absolute atomic E-state index is 12.5. The third kappa shape index (κ3) is 3.68. The molecule has 0 aliphatic heterocycles. The number of aromatic nitrogens is 1. The summed E-state index contributed by atoms with van der Waals surface area (Å²) < 4.78 is 6.56. The molecule has 0 saturated carbocycles. The zero-order chi connectivity index (χ0) is 18.4. The maximum Gasteiger partial charge on any atom is 0.404 e. The fourth-order valence-electron chi connectivity index (χ4n) is 2.67. The average molecular weight is 347 g/mol. The Bertz CT molecular complexity index is 1010. The Balaban J connectivity index is 2.01. The number of hydrogen-bond donors (Lipinski definition) is 0. The summed E-state index contributed by atoms with van der Waals surface area (Å²) >= 11 is 0. The molecule has 0 bridgehead atoms. The number of hydrogen-bond acceptors (Lipinski definition) is 4. The van der Waals surface area contributed by atoms with Crippen LogP contribution in [-0.2, 0) is 11.3 Å². The summed E-state index contributed by atoms with van der Waals surface area (Å²) in [6.45, 7) is -0.425. The van der Waals surface area contributed by atoms with E-state index >= 15 is 0 Å². The van der Waals surface area contributed by atoms with Crippen LogP contribution in [0.3, 0.4) is 0 Å². The van der Waals surface area contributed by atoms with E-state index in [1.165, 1.54) is 0 Å². The van der Waals surface area contributed by atoms with Crippen LogP contribution in [0.1, 0.15) is 20.8 Å². The highest BCUT2D eigenvalue weighted by molar-refractivity contribution is 6.01. The number of azide groups is 1. The van der Waals surface area contributed by atoms with Crippen molar-refractivity contribution in [3.63, 3.8) is 0 Å². The standard InChI is InChI=1S/C19H15N4O3/c20-22-21-13-26-19(25)18-16-9-5-4-6-14(16)10-11-23(18)12-17(24)15-7-2-1-3-8-15/h1-11H,12-13H2/q+1. The summed E-state index contributed by atoms with van der Waals surface area (Å²) in [6.07, 6.45) is 1.67. The number of benzene rings is 2. The molecular weight excluding hydrogens is 332 g/mol. The molecule has 0 aliphatic rings. The van der Waals surface area contributed by atoms with E-state index in [-0.39, 0.29) is 18.0 Å². The van der Waals surface area contributed by atoms with Gasteiger partial charge in [-0.2, -0.15) is 4.57 Å². The molecule has 0 N–H and O–H groups in total. The zero-order valence-electron chi connectivity index (χ0n) is 13.8. The van der Waals surface area contributed by atoms with Gasteiger partial charge in [0.1, 0.15) is 0 Å². The first-order valence-corrected chi connectivity index (χ1v) is 7.88. The summed E-state index contributed by atoms with van der Waals surface area (Å²) in [5, 5.41) is 4.71. The molecule has 3 rings (SSSR count). The van der Waals surface area contributed by atoms with Crippen LogP contribution in [0.4, 0.5) is 0 Å². The van der Waals surface area contributed by atoms with Crippen molar-refractivity contribution in [2.45, 2.75) is 6.54 Å². The molecule has 1 aromatic heterocycles. The van der Waals surface area contributed by atoms with Gasteiger partial charge in [0.2, 0.25) is 12.3 Å². The molecule has 2 aromatic carbocycles. The van der Waals surface area contributed by atoms with Crippen LogP contribution in [-0.4, -0.2) is 18.5 Å². The molecule has 0 spiro atoms. The number of fused-ring (bicyclic) bond motifs is 1. The summed E-state index contributed by atoms with van der Waals surface area (Å²) in [5.74, 6) is -0.787. The van der Waals surface area contributed by atoms with Gasteiger partial charge in [0.25, 0.3) is 5.69 Å². The van der Waals surface area contributed by atoms with Crippen molar-refractivity contribution in [3.8, 4) is 0 Å². The molecule has 0 atom stereocenters. The van der Waals surface area contributed by atoms with Crippen LogP contribution in [0.5, 0.6) is 0 Å². The number of Topliss-reactive ketones (excluding diaryl/α,β-unsaturated/α-hetero) is 1. The van der Waals surface area contributed by atoms with E-state index in [4.69, 9.17) is 10.3 Å². The predicted octanol–water partition coefficient (Wildman–Crippen LogP) is 3.43. The van der Waals surface area contributed by atoms with Crippen molar-refractivity contribution < 1.29 is 18.9 Å². The van der Waals surface area contributed by atoms with Crippen LogP contribution >= 0.6 is 0 Å². The van der Waals surface area contributed by atoms with Crippen molar-refractivity contribution in [1.29, 1.82) is 0 Å². The van der Waals surface area contributed by atoms with Gasteiger partial charge in [-0.25, -0.2) is 4.79 Å². The first-order valence-electron chi connectivity index (χ1n) is 7.88. The molecule has 128 valence electrons. The first kappa shape index (κ1) is 17.1. The molecule has 0 fully saturated rings. The van der Waals surface area contributed by atoms with Gasteiger partial charge in [0, 0.05) is 16.5 Å². The molecule has 0 aliphatic carbocycles. The molecule has 0 unspecified atom stereocenters. The molecule has 7 nitrogen and oxygen atoms in total. The molecule has 3 aromatic rings. The topological polar surface area (TPSA) is 96.0 Å². The summed E-state index contributed by atoms with van der Waals surface area (Å²) in [7, 11) is 0.